The normalized spacial score (nSPS) is 14.7. The monoisotopic (exact) mass is 461 g/mol. The minimum atomic E-state index is -0.832. The molecule has 0 amide bonds. The van der Waals surface area contributed by atoms with Crippen LogP contribution in [0.3, 0.4) is 0 Å². The molecule has 2 aromatic heterocycles. The van der Waals surface area contributed by atoms with E-state index in [9.17, 15) is 4.79 Å². The number of esters is 1. The number of aryl methyl sites for hydroxylation is 1. The Hall–Kier alpha value is -2.96. The van der Waals surface area contributed by atoms with Crippen molar-refractivity contribution in [2.75, 3.05) is 13.7 Å². The van der Waals surface area contributed by atoms with Gasteiger partial charge in [-0.15, -0.1) is 11.3 Å². The summed E-state index contributed by atoms with van der Waals surface area (Å²) in [4.78, 5) is 18.4. The molecule has 0 saturated heterocycles. The van der Waals surface area contributed by atoms with Gasteiger partial charge in [-0.05, 0) is 75.1 Å². The first-order valence-electron chi connectivity index (χ1n) is 11.2. The number of benzene rings is 2. The molecule has 1 aliphatic rings. The van der Waals surface area contributed by atoms with E-state index in [0.717, 1.165) is 62.2 Å². The number of nitrogens with zero attached hydrogens (tertiary/aromatic N) is 1. The van der Waals surface area contributed by atoms with Crippen molar-refractivity contribution in [1.29, 1.82) is 0 Å². The third kappa shape index (κ3) is 4.09. The lowest BCUT2D eigenvalue weighted by Gasteiger charge is -2.26. The molecule has 1 unspecified atom stereocenters. The molecule has 0 fully saturated rings. The van der Waals surface area contributed by atoms with E-state index < -0.39 is 17.7 Å². The number of methoxy groups -OCH3 is 1. The van der Waals surface area contributed by atoms with Crippen molar-refractivity contribution in [1.82, 2.24) is 4.98 Å². The van der Waals surface area contributed by atoms with Gasteiger partial charge in [-0.1, -0.05) is 12.1 Å². The van der Waals surface area contributed by atoms with Crippen molar-refractivity contribution in [3.63, 3.8) is 0 Å². The summed E-state index contributed by atoms with van der Waals surface area (Å²) in [6, 6.07) is 14.5. The summed E-state index contributed by atoms with van der Waals surface area (Å²) < 4.78 is 18.4. The lowest BCUT2D eigenvalue weighted by molar-refractivity contribution is -0.163. The van der Waals surface area contributed by atoms with Crippen LogP contribution >= 0.6 is 11.3 Å². The number of fused-ring (bicyclic) bond motifs is 4. The smallest absolute Gasteiger partial charge is 0.340 e. The fourth-order valence-electron chi connectivity index (χ4n) is 4.42. The first-order valence-corrected chi connectivity index (χ1v) is 12.0. The van der Waals surface area contributed by atoms with Gasteiger partial charge in [-0.3, -0.25) is 4.98 Å². The number of pyridine rings is 1. The van der Waals surface area contributed by atoms with Crippen LogP contribution in [0.4, 0.5) is 0 Å². The van der Waals surface area contributed by atoms with Crippen molar-refractivity contribution in [2.45, 2.75) is 45.3 Å². The Labute approximate surface area is 197 Å². The van der Waals surface area contributed by atoms with Crippen LogP contribution in [0.1, 0.15) is 43.7 Å². The highest BCUT2D eigenvalue weighted by Gasteiger charge is 2.33. The summed E-state index contributed by atoms with van der Waals surface area (Å²) in [5.41, 5.74) is 3.63. The number of hydrogen-bond donors (Lipinski definition) is 0. The van der Waals surface area contributed by atoms with E-state index in [-0.39, 0.29) is 0 Å². The molecule has 3 heterocycles. The van der Waals surface area contributed by atoms with Gasteiger partial charge in [0, 0.05) is 27.2 Å². The van der Waals surface area contributed by atoms with Crippen LogP contribution in [0.5, 0.6) is 5.75 Å². The van der Waals surface area contributed by atoms with E-state index in [1.807, 2.05) is 39.0 Å². The number of thiophene rings is 1. The maximum Gasteiger partial charge on any atom is 0.340 e. The van der Waals surface area contributed by atoms with Crippen LogP contribution in [0.15, 0.2) is 48.7 Å². The summed E-state index contributed by atoms with van der Waals surface area (Å²) in [5, 5.41) is 2.14. The second kappa shape index (κ2) is 8.43. The second-order valence-electron chi connectivity index (χ2n) is 9.26. The zero-order chi connectivity index (χ0) is 23.2. The van der Waals surface area contributed by atoms with Gasteiger partial charge < -0.3 is 14.2 Å². The molecule has 6 heteroatoms. The number of rotatable bonds is 4. The molecular formula is C27H27NO4S. The highest BCUT2D eigenvalue weighted by molar-refractivity contribution is 7.20. The van der Waals surface area contributed by atoms with Gasteiger partial charge in [0.1, 0.15) is 5.75 Å². The van der Waals surface area contributed by atoms with Crippen molar-refractivity contribution >= 4 is 38.3 Å². The minimum Gasteiger partial charge on any atom is -0.493 e. The Bertz CT molecular complexity index is 1350. The SMILES string of the molecule is COC(=O)C(OC(C)(C)C)c1sc2ccc3ncccc3c2c1-c1ccc2c(c1)CCCO2. The van der Waals surface area contributed by atoms with E-state index >= 15 is 0 Å². The zero-order valence-electron chi connectivity index (χ0n) is 19.3. The number of hydrogen-bond acceptors (Lipinski definition) is 6. The molecule has 170 valence electrons. The molecule has 1 aliphatic heterocycles. The van der Waals surface area contributed by atoms with Crippen molar-refractivity contribution in [3.05, 3.63) is 59.1 Å². The first-order chi connectivity index (χ1) is 15.9. The largest absolute Gasteiger partial charge is 0.493 e. The summed E-state index contributed by atoms with van der Waals surface area (Å²) >= 11 is 1.58. The third-order valence-electron chi connectivity index (χ3n) is 5.79. The number of carbonyl (C=O) groups excluding carboxylic acids is 1. The Morgan fingerprint density at radius 1 is 1.18 bits per heavy atom. The van der Waals surface area contributed by atoms with E-state index in [1.54, 1.807) is 17.5 Å². The fourth-order valence-corrected chi connectivity index (χ4v) is 5.68. The molecule has 5 rings (SSSR count). The first kappa shape index (κ1) is 21.9. The van der Waals surface area contributed by atoms with E-state index in [0.29, 0.717) is 0 Å². The average molecular weight is 462 g/mol. The lowest BCUT2D eigenvalue weighted by atomic mass is 9.94. The molecule has 4 aromatic rings. The van der Waals surface area contributed by atoms with Crippen molar-refractivity contribution < 1.29 is 19.0 Å². The zero-order valence-corrected chi connectivity index (χ0v) is 20.1. The molecular weight excluding hydrogens is 434 g/mol. The predicted octanol–water partition coefficient (Wildman–Crippen LogP) is 6.47. The predicted molar refractivity (Wildman–Crippen MR) is 132 cm³/mol. The maximum atomic E-state index is 13.0. The molecule has 0 N–H and O–H groups in total. The molecule has 33 heavy (non-hydrogen) atoms. The Kier molecular flexibility index (Phi) is 5.59. The topological polar surface area (TPSA) is 57.7 Å². The quantitative estimate of drug-likeness (QED) is 0.326. The highest BCUT2D eigenvalue weighted by atomic mass is 32.1. The lowest BCUT2D eigenvalue weighted by Crippen LogP contribution is -2.28. The van der Waals surface area contributed by atoms with Gasteiger partial charge in [0.25, 0.3) is 0 Å². The van der Waals surface area contributed by atoms with Crippen LogP contribution in [-0.4, -0.2) is 30.3 Å². The Morgan fingerprint density at radius 2 is 2.03 bits per heavy atom. The summed E-state index contributed by atoms with van der Waals surface area (Å²) in [7, 11) is 1.41. The van der Waals surface area contributed by atoms with E-state index in [2.05, 4.69) is 29.2 Å². The van der Waals surface area contributed by atoms with Gasteiger partial charge in [0.2, 0.25) is 0 Å². The Balaban J connectivity index is 1.82. The summed E-state index contributed by atoms with van der Waals surface area (Å²) in [6.45, 7) is 6.60. The summed E-state index contributed by atoms with van der Waals surface area (Å²) in [6.07, 6.45) is 2.94. The number of aromatic nitrogens is 1. The maximum absolute atomic E-state index is 13.0. The molecule has 0 aliphatic carbocycles. The van der Waals surface area contributed by atoms with E-state index in [1.165, 1.54) is 12.7 Å². The molecule has 0 radical (unpaired) electrons. The van der Waals surface area contributed by atoms with Crippen molar-refractivity contribution in [3.8, 4) is 16.9 Å². The van der Waals surface area contributed by atoms with Crippen molar-refractivity contribution in [2.24, 2.45) is 0 Å². The van der Waals surface area contributed by atoms with Gasteiger partial charge >= 0.3 is 5.97 Å². The second-order valence-corrected chi connectivity index (χ2v) is 10.3. The number of carbonyl (C=O) groups is 1. The van der Waals surface area contributed by atoms with Crippen LogP contribution < -0.4 is 4.74 Å². The minimum absolute atomic E-state index is 0.401. The Morgan fingerprint density at radius 3 is 2.82 bits per heavy atom. The molecule has 2 aromatic carbocycles. The average Bonchev–Trinajstić information content (AvgIpc) is 3.21. The van der Waals surface area contributed by atoms with Gasteiger partial charge in [0.05, 0.1) is 29.7 Å². The molecule has 1 atom stereocenters. The fraction of sp³-hybridized carbons (Fsp3) is 0.333. The van der Waals surface area contributed by atoms with Crippen LogP contribution in [0.2, 0.25) is 0 Å². The molecule has 0 spiro atoms. The summed E-state index contributed by atoms with van der Waals surface area (Å²) in [5.74, 6) is 0.537. The van der Waals surface area contributed by atoms with Gasteiger partial charge in [-0.25, -0.2) is 4.79 Å². The van der Waals surface area contributed by atoms with Crippen LogP contribution in [0.25, 0.3) is 32.1 Å². The van der Waals surface area contributed by atoms with Crippen LogP contribution in [0, 0.1) is 0 Å². The number of ether oxygens (including phenoxy) is 3. The van der Waals surface area contributed by atoms with E-state index in [4.69, 9.17) is 14.2 Å². The standard InChI is InChI=1S/C27H27NO4S/c1-27(2,3)32-24(26(29)30-4)25-22(17-9-11-20-16(15-17)7-6-14-31-20)23-18-8-5-13-28-19(18)10-12-21(23)33-25/h5,8-13,15,24H,6-7,14H2,1-4H3. The molecule has 0 bridgehead atoms. The van der Waals surface area contributed by atoms with Gasteiger partial charge in [0.15, 0.2) is 6.10 Å². The third-order valence-corrected chi connectivity index (χ3v) is 6.98. The molecule has 5 nitrogen and oxygen atoms in total. The highest BCUT2D eigenvalue weighted by Crippen LogP contribution is 2.47. The molecule has 0 saturated carbocycles. The van der Waals surface area contributed by atoms with Crippen LogP contribution in [-0.2, 0) is 20.7 Å². The van der Waals surface area contributed by atoms with Gasteiger partial charge in [-0.2, -0.15) is 0 Å².